The molecule has 3 rings (SSSR count). The largest absolute Gasteiger partial charge is 0.497 e. The van der Waals surface area contributed by atoms with Gasteiger partial charge in [-0.3, -0.25) is 0 Å². The lowest BCUT2D eigenvalue weighted by atomic mass is 10.2. The van der Waals surface area contributed by atoms with Crippen molar-refractivity contribution in [3.05, 3.63) is 64.5 Å². The zero-order chi connectivity index (χ0) is 18.6. The van der Waals surface area contributed by atoms with Crippen molar-refractivity contribution in [1.82, 2.24) is 14.9 Å². The molecule has 0 aliphatic carbocycles. The number of benzene rings is 2. The first-order valence-electron chi connectivity index (χ1n) is 7.64. The summed E-state index contributed by atoms with van der Waals surface area (Å²) in [5.41, 5.74) is 1.43. The maximum atomic E-state index is 12.2. The van der Waals surface area contributed by atoms with Gasteiger partial charge in [-0.05, 0) is 42.0 Å². The van der Waals surface area contributed by atoms with E-state index in [0.29, 0.717) is 11.4 Å². The lowest BCUT2D eigenvalue weighted by Gasteiger charge is -2.05. The van der Waals surface area contributed by atoms with Gasteiger partial charge in [0.25, 0.3) is 0 Å². The maximum absolute atomic E-state index is 12.2. The predicted octanol–water partition coefficient (Wildman–Crippen LogP) is 3.13. The van der Waals surface area contributed by atoms with Crippen molar-refractivity contribution in [3.8, 4) is 17.1 Å². The van der Waals surface area contributed by atoms with Gasteiger partial charge in [-0.2, -0.15) is 4.98 Å². The molecular weight excluding hydrogens is 422 g/mol. The highest BCUT2D eigenvalue weighted by atomic mass is 79.9. The van der Waals surface area contributed by atoms with E-state index in [1.54, 1.807) is 49.6 Å². The van der Waals surface area contributed by atoms with E-state index in [4.69, 9.17) is 9.26 Å². The topological polar surface area (TPSA) is 94.3 Å². The minimum atomic E-state index is -3.53. The molecule has 0 spiro atoms. The number of methoxy groups -OCH3 is 1. The third-order valence-electron chi connectivity index (χ3n) is 3.51. The SMILES string of the molecule is COc1ccc(-c2noc(CNS(=O)(=O)Cc3cccc(Br)c3)n2)cc1. The van der Waals surface area contributed by atoms with Crippen LogP contribution in [-0.4, -0.2) is 25.7 Å². The van der Waals surface area contributed by atoms with Crippen LogP contribution in [-0.2, 0) is 22.3 Å². The van der Waals surface area contributed by atoms with Gasteiger partial charge in [-0.15, -0.1) is 0 Å². The van der Waals surface area contributed by atoms with Crippen molar-refractivity contribution >= 4 is 26.0 Å². The predicted molar refractivity (Wildman–Crippen MR) is 99.9 cm³/mol. The Balaban J connectivity index is 1.63. The highest BCUT2D eigenvalue weighted by Crippen LogP contribution is 2.20. The van der Waals surface area contributed by atoms with Crippen LogP contribution < -0.4 is 9.46 Å². The minimum absolute atomic E-state index is 0.0699. The zero-order valence-corrected chi connectivity index (χ0v) is 16.2. The molecule has 0 atom stereocenters. The second-order valence-electron chi connectivity index (χ2n) is 5.45. The highest BCUT2D eigenvalue weighted by molar-refractivity contribution is 9.10. The number of hydrogen-bond acceptors (Lipinski definition) is 6. The van der Waals surface area contributed by atoms with E-state index in [2.05, 4.69) is 30.8 Å². The van der Waals surface area contributed by atoms with E-state index in [1.165, 1.54) is 0 Å². The summed E-state index contributed by atoms with van der Waals surface area (Å²) >= 11 is 3.32. The van der Waals surface area contributed by atoms with Crippen molar-refractivity contribution in [2.45, 2.75) is 12.3 Å². The number of nitrogens with one attached hydrogen (secondary N) is 1. The maximum Gasteiger partial charge on any atom is 0.242 e. The van der Waals surface area contributed by atoms with E-state index in [9.17, 15) is 8.42 Å². The van der Waals surface area contributed by atoms with Crippen molar-refractivity contribution < 1.29 is 17.7 Å². The molecule has 0 aliphatic heterocycles. The molecule has 1 heterocycles. The fourth-order valence-corrected chi connectivity index (χ4v) is 3.76. The molecule has 0 amide bonds. The number of rotatable bonds is 7. The second kappa shape index (κ2) is 7.98. The molecule has 0 fully saturated rings. The standard InChI is InChI=1S/C17H16BrN3O4S/c1-24-15-7-5-13(6-8-15)17-20-16(25-21-17)10-19-26(22,23)11-12-3-2-4-14(18)9-12/h2-9,19H,10-11H2,1H3. The summed E-state index contributed by atoms with van der Waals surface area (Å²) in [6.45, 7) is -0.0699. The zero-order valence-electron chi connectivity index (χ0n) is 13.8. The lowest BCUT2D eigenvalue weighted by molar-refractivity contribution is 0.376. The Morgan fingerprint density at radius 1 is 1.19 bits per heavy atom. The molecule has 0 aliphatic rings. The van der Waals surface area contributed by atoms with Gasteiger partial charge in [0.15, 0.2) is 0 Å². The first kappa shape index (κ1) is 18.6. The quantitative estimate of drug-likeness (QED) is 0.609. The van der Waals surface area contributed by atoms with E-state index in [-0.39, 0.29) is 18.2 Å². The monoisotopic (exact) mass is 437 g/mol. The van der Waals surface area contributed by atoms with E-state index in [1.807, 2.05) is 6.07 Å². The van der Waals surface area contributed by atoms with Gasteiger partial charge < -0.3 is 9.26 Å². The van der Waals surface area contributed by atoms with E-state index >= 15 is 0 Å². The molecular formula is C17H16BrN3O4S. The van der Waals surface area contributed by atoms with Crippen molar-refractivity contribution in [2.24, 2.45) is 0 Å². The molecule has 0 saturated heterocycles. The molecule has 0 bridgehead atoms. The summed E-state index contributed by atoms with van der Waals surface area (Å²) in [4.78, 5) is 4.21. The van der Waals surface area contributed by atoms with Crippen LogP contribution in [0.25, 0.3) is 11.4 Å². The van der Waals surface area contributed by atoms with Crippen LogP contribution in [0.3, 0.4) is 0 Å². The molecule has 9 heteroatoms. The van der Waals surface area contributed by atoms with Gasteiger partial charge >= 0.3 is 0 Å². The van der Waals surface area contributed by atoms with Crippen LogP contribution in [0.5, 0.6) is 5.75 Å². The first-order valence-corrected chi connectivity index (χ1v) is 10.1. The van der Waals surface area contributed by atoms with Crippen LogP contribution in [0, 0.1) is 0 Å². The van der Waals surface area contributed by atoms with Gasteiger partial charge in [-0.1, -0.05) is 33.2 Å². The normalized spacial score (nSPS) is 11.5. The first-order chi connectivity index (χ1) is 12.4. The number of nitrogens with zero attached hydrogens (tertiary/aromatic N) is 2. The Hall–Kier alpha value is -2.23. The molecule has 0 saturated carbocycles. The van der Waals surface area contributed by atoms with Crippen LogP contribution >= 0.6 is 15.9 Å². The molecule has 7 nitrogen and oxygen atoms in total. The minimum Gasteiger partial charge on any atom is -0.497 e. The molecule has 3 aromatic rings. The highest BCUT2D eigenvalue weighted by Gasteiger charge is 2.15. The molecule has 0 unspecified atom stereocenters. The average molecular weight is 438 g/mol. The Bertz CT molecular complexity index is 987. The van der Waals surface area contributed by atoms with Crippen LogP contribution in [0.15, 0.2) is 57.5 Å². The third kappa shape index (κ3) is 4.90. The summed E-state index contributed by atoms with van der Waals surface area (Å²) in [5.74, 6) is 1.16. The molecule has 2 aromatic carbocycles. The molecule has 0 radical (unpaired) electrons. The van der Waals surface area contributed by atoms with Gasteiger partial charge in [0, 0.05) is 10.0 Å². The van der Waals surface area contributed by atoms with Crippen molar-refractivity contribution in [3.63, 3.8) is 0 Å². The molecule has 26 heavy (non-hydrogen) atoms. The molecule has 1 N–H and O–H groups in total. The summed E-state index contributed by atoms with van der Waals surface area (Å²) in [6.07, 6.45) is 0. The lowest BCUT2D eigenvalue weighted by Crippen LogP contribution is -2.24. The third-order valence-corrected chi connectivity index (χ3v) is 5.30. The van der Waals surface area contributed by atoms with Gasteiger partial charge in [0.1, 0.15) is 5.75 Å². The Kier molecular flexibility index (Phi) is 5.70. The Morgan fingerprint density at radius 3 is 2.65 bits per heavy atom. The molecule has 136 valence electrons. The second-order valence-corrected chi connectivity index (χ2v) is 8.17. The Labute approximate surface area is 159 Å². The van der Waals surface area contributed by atoms with Crippen LogP contribution in [0.1, 0.15) is 11.5 Å². The van der Waals surface area contributed by atoms with Gasteiger partial charge in [0.2, 0.25) is 21.7 Å². The fourth-order valence-electron chi connectivity index (χ4n) is 2.25. The van der Waals surface area contributed by atoms with Crippen LogP contribution in [0.2, 0.25) is 0 Å². The average Bonchev–Trinajstić information content (AvgIpc) is 3.09. The Morgan fingerprint density at radius 2 is 1.96 bits per heavy atom. The van der Waals surface area contributed by atoms with E-state index < -0.39 is 10.0 Å². The number of ether oxygens (including phenoxy) is 1. The number of halogens is 1. The number of hydrogen-bond donors (Lipinski definition) is 1. The number of sulfonamides is 1. The smallest absolute Gasteiger partial charge is 0.242 e. The number of aromatic nitrogens is 2. The van der Waals surface area contributed by atoms with Crippen molar-refractivity contribution in [2.75, 3.05) is 7.11 Å². The van der Waals surface area contributed by atoms with Crippen molar-refractivity contribution in [1.29, 1.82) is 0 Å². The summed E-state index contributed by atoms with van der Waals surface area (Å²) in [6, 6.07) is 14.3. The summed E-state index contributed by atoms with van der Waals surface area (Å²) in [7, 11) is -1.94. The summed E-state index contributed by atoms with van der Waals surface area (Å²) in [5, 5.41) is 3.87. The van der Waals surface area contributed by atoms with Gasteiger partial charge in [0.05, 0.1) is 19.4 Å². The summed E-state index contributed by atoms with van der Waals surface area (Å²) < 4.78 is 37.9. The van der Waals surface area contributed by atoms with Gasteiger partial charge in [-0.25, -0.2) is 13.1 Å². The fraction of sp³-hybridized carbons (Fsp3) is 0.176. The van der Waals surface area contributed by atoms with Crippen LogP contribution in [0.4, 0.5) is 0 Å². The van der Waals surface area contributed by atoms with E-state index in [0.717, 1.165) is 15.8 Å². The molecule has 1 aromatic heterocycles.